The van der Waals surface area contributed by atoms with Gasteiger partial charge >= 0.3 is 0 Å². The fraction of sp³-hybridized carbons (Fsp3) is 0.231. The van der Waals surface area contributed by atoms with E-state index >= 15 is 0 Å². The first-order chi connectivity index (χ1) is 8.15. The van der Waals surface area contributed by atoms with Crippen molar-refractivity contribution in [2.24, 2.45) is 7.05 Å². The Hall–Kier alpha value is -1.97. The maximum absolute atomic E-state index is 12.7. The topological polar surface area (TPSA) is 34.9 Å². The van der Waals surface area contributed by atoms with Crippen LogP contribution in [0.2, 0.25) is 0 Å². The van der Waals surface area contributed by atoms with Gasteiger partial charge in [-0.25, -0.2) is 9.37 Å². The van der Waals surface area contributed by atoms with Crippen molar-refractivity contribution in [3.05, 3.63) is 53.9 Å². The minimum Gasteiger partial charge on any atom is -0.338 e. The van der Waals surface area contributed by atoms with Gasteiger partial charge < -0.3 is 4.57 Å². The molecule has 88 valence electrons. The van der Waals surface area contributed by atoms with Crippen LogP contribution in [-0.4, -0.2) is 15.3 Å². The van der Waals surface area contributed by atoms with E-state index in [1.54, 1.807) is 24.5 Å². The molecule has 0 aliphatic rings. The molecule has 4 heteroatoms. The zero-order valence-electron chi connectivity index (χ0n) is 9.56. The van der Waals surface area contributed by atoms with Gasteiger partial charge in [0, 0.05) is 25.9 Å². The van der Waals surface area contributed by atoms with Gasteiger partial charge in [-0.1, -0.05) is 12.1 Å². The van der Waals surface area contributed by atoms with Crippen molar-refractivity contribution >= 4 is 5.78 Å². The highest BCUT2D eigenvalue weighted by Gasteiger charge is 2.08. The number of carbonyl (C=O) groups excluding carboxylic acids is 1. The maximum Gasteiger partial charge on any atom is 0.144 e. The van der Waals surface area contributed by atoms with Gasteiger partial charge in [-0.15, -0.1) is 0 Å². The smallest absolute Gasteiger partial charge is 0.144 e. The molecule has 0 radical (unpaired) electrons. The number of halogens is 1. The molecule has 0 atom stereocenters. The molecule has 0 amide bonds. The van der Waals surface area contributed by atoms with Crippen LogP contribution in [0, 0.1) is 5.82 Å². The van der Waals surface area contributed by atoms with Crippen molar-refractivity contribution in [1.82, 2.24) is 9.55 Å². The van der Waals surface area contributed by atoms with Crippen molar-refractivity contribution in [3.63, 3.8) is 0 Å². The average Bonchev–Trinajstić information content (AvgIpc) is 2.68. The van der Waals surface area contributed by atoms with Crippen LogP contribution in [0.15, 0.2) is 36.7 Å². The van der Waals surface area contributed by atoms with E-state index in [4.69, 9.17) is 0 Å². The second-order valence-electron chi connectivity index (χ2n) is 3.97. The van der Waals surface area contributed by atoms with E-state index in [9.17, 15) is 9.18 Å². The van der Waals surface area contributed by atoms with Gasteiger partial charge in [0.25, 0.3) is 0 Å². The van der Waals surface area contributed by atoms with Crippen molar-refractivity contribution in [3.8, 4) is 0 Å². The molecular formula is C13H13FN2O. The summed E-state index contributed by atoms with van der Waals surface area (Å²) in [7, 11) is 1.85. The lowest BCUT2D eigenvalue weighted by Crippen LogP contribution is -2.10. The van der Waals surface area contributed by atoms with Crippen molar-refractivity contribution in [1.29, 1.82) is 0 Å². The van der Waals surface area contributed by atoms with E-state index in [1.165, 1.54) is 12.1 Å². The Morgan fingerprint density at radius 3 is 2.59 bits per heavy atom. The number of Topliss-reactive ketones (excluding diaryl/α,β-unsaturated/α-hetero) is 1. The molecule has 2 aromatic rings. The first kappa shape index (κ1) is 11.5. The summed E-state index contributed by atoms with van der Waals surface area (Å²) in [6.07, 6.45) is 4.09. The van der Waals surface area contributed by atoms with Gasteiger partial charge in [-0.2, -0.15) is 0 Å². The molecular weight excluding hydrogens is 219 g/mol. The SMILES string of the molecule is Cn1ccnc1CC(=O)Cc1ccc(F)cc1. The number of benzene rings is 1. The minimum absolute atomic E-state index is 0.0749. The van der Waals surface area contributed by atoms with Crippen molar-refractivity contribution < 1.29 is 9.18 Å². The summed E-state index contributed by atoms with van der Waals surface area (Å²) in [5.74, 6) is 0.535. The third-order valence-electron chi connectivity index (χ3n) is 2.59. The van der Waals surface area contributed by atoms with Gasteiger partial charge in [0.05, 0.1) is 6.42 Å². The number of ketones is 1. The number of nitrogens with zero attached hydrogens (tertiary/aromatic N) is 2. The Labute approximate surface area is 98.9 Å². The predicted molar refractivity (Wildman–Crippen MR) is 62.0 cm³/mol. The second-order valence-corrected chi connectivity index (χ2v) is 3.97. The predicted octanol–water partition coefficient (Wildman–Crippen LogP) is 1.91. The monoisotopic (exact) mass is 232 g/mol. The van der Waals surface area contributed by atoms with Crippen LogP contribution in [-0.2, 0) is 24.7 Å². The maximum atomic E-state index is 12.7. The highest BCUT2D eigenvalue weighted by molar-refractivity contribution is 5.82. The van der Waals surface area contributed by atoms with E-state index < -0.39 is 0 Å². The average molecular weight is 232 g/mol. The largest absolute Gasteiger partial charge is 0.338 e. The van der Waals surface area contributed by atoms with Gasteiger partial charge in [-0.3, -0.25) is 4.79 Å². The van der Waals surface area contributed by atoms with E-state index in [0.717, 1.165) is 11.4 Å². The van der Waals surface area contributed by atoms with E-state index in [0.29, 0.717) is 12.8 Å². The summed E-state index contributed by atoms with van der Waals surface area (Å²) in [4.78, 5) is 15.9. The minimum atomic E-state index is -0.287. The summed E-state index contributed by atoms with van der Waals surface area (Å²) in [6.45, 7) is 0. The number of aromatic nitrogens is 2. The van der Waals surface area contributed by atoms with Gasteiger partial charge in [0.1, 0.15) is 17.4 Å². The summed E-state index contributed by atoms with van der Waals surface area (Å²) in [5, 5.41) is 0. The number of imidazole rings is 1. The molecule has 0 aliphatic heterocycles. The number of hydrogen-bond acceptors (Lipinski definition) is 2. The number of carbonyl (C=O) groups is 1. The van der Waals surface area contributed by atoms with Crippen LogP contribution in [0.4, 0.5) is 4.39 Å². The van der Waals surface area contributed by atoms with Crippen LogP contribution in [0.5, 0.6) is 0 Å². The summed E-state index contributed by atoms with van der Waals surface area (Å²) >= 11 is 0. The summed E-state index contributed by atoms with van der Waals surface area (Å²) in [5.41, 5.74) is 0.825. The fourth-order valence-electron chi connectivity index (χ4n) is 1.64. The highest BCUT2D eigenvalue weighted by atomic mass is 19.1. The first-order valence-electron chi connectivity index (χ1n) is 5.37. The normalized spacial score (nSPS) is 10.5. The lowest BCUT2D eigenvalue weighted by Gasteiger charge is -2.02. The van der Waals surface area contributed by atoms with Crippen LogP contribution in [0.3, 0.4) is 0 Å². The van der Waals surface area contributed by atoms with E-state index in [2.05, 4.69) is 4.98 Å². The van der Waals surface area contributed by atoms with Crippen molar-refractivity contribution in [2.45, 2.75) is 12.8 Å². The molecule has 0 N–H and O–H groups in total. The first-order valence-corrected chi connectivity index (χ1v) is 5.37. The third kappa shape index (κ3) is 3.00. The molecule has 0 saturated heterocycles. The third-order valence-corrected chi connectivity index (χ3v) is 2.59. The van der Waals surface area contributed by atoms with E-state index in [-0.39, 0.29) is 11.6 Å². The zero-order valence-corrected chi connectivity index (χ0v) is 9.56. The molecule has 1 aromatic heterocycles. The summed E-state index contributed by atoms with van der Waals surface area (Å²) < 4.78 is 14.5. The quantitative estimate of drug-likeness (QED) is 0.807. The van der Waals surface area contributed by atoms with Gasteiger partial charge in [-0.05, 0) is 17.7 Å². The van der Waals surface area contributed by atoms with Crippen molar-refractivity contribution in [2.75, 3.05) is 0 Å². The number of rotatable bonds is 4. The lowest BCUT2D eigenvalue weighted by molar-refractivity contribution is -0.117. The lowest BCUT2D eigenvalue weighted by atomic mass is 10.1. The molecule has 0 saturated carbocycles. The molecule has 2 rings (SSSR count). The van der Waals surface area contributed by atoms with Crippen LogP contribution in [0.1, 0.15) is 11.4 Å². The summed E-state index contributed by atoms with van der Waals surface area (Å²) in [6, 6.07) is 5.99. The zero-order chi connectivity index (χ0) is 12.3. The Kier molecular flexibility index (Phi) is 3.32. The Morgan fingerprint density at radius 1 is 1.29 bits per heavy atom. The standard InChI is InChI=1S/C13H13FN2O/c1-16-7-6-15-13(16)9-12(17)8-10-2-4-11(14)5-3-10/h2-7H,8-9H2,1H3. The van der Waals surface area contributed by atoms with Crippen LogP contribution in [0.25, 0.3) is 0 Å². The molecule has 3 nitrogen and oxygen atoms in total. The van der Waals surface area contributed by atoms with Gasteiger partial charge in [0.2, 0.25) is 0 Å². The molecule has 0 spiro atoms. The van der Waals surface area contributed by atoms with E-state index in [1.807, 2.05) is 11.6 Å². The Morgan fingerprint density at radius 2 is 2.00 bits per heavy atom. The number of aryl methyl sites for hydroxylation is 1. The Balaban J connectivity index is 1.98. The molecule has 0 unspecified atom stereocenters. The van der Waals surface area contributed by atoms with Crippen LogP contribution >= 0.6 is 0 Å². The Bertz CT molecular complexity index is 516. The van der Waals surface area contributed by atoms with Crippen LogP contribution < -0.4 is 0 Å². The molecule has 0 fully saturated rings. The molecule has 1 aromatic carbocycles. The molecule has 17 heavy (non-hydrogen) atoms. The van der Waals surface area contributed by atoms with Gasteiger partial charge in [0.15, 0.2) is 0 Å². The molecule has 0 bridgehead atoms. The molecule has 0 aliphatic carbocycles. The number of hydrogen-bond donors (Lipinski definition) is 0. The molecule has 1 heterocycles. The fourth-order valence-corrected chi connectivity index (χ4v) is 1.64. The highest BCUT2D eigenvalue weighted by Crippen LogP contribution is 2.06. The second kappa shape index (κ2) is 4.91.